The lowest BCUT2D eigenvalue weighted by Crippen LogP contribution is -2.43. The minimum Gasteiger partial charge on any atom is -0.394 e. The summed E-state index contributed by atoms with van der Waals surface area (Å²) in [6, 6.07) is 1.24. The fourth-order valence-corrected chi connectivity index (χ4v) is 1.92. The van der Waals surface area contributed by atoms with Crippen LogP contribution < -0.4 is 11.4 Å². The Balaban J connectivity index is 2.16. The number of rotatable bonds is 2. The Morgan fingerprint density at radius 1 is 1.65 bits per heavy atom. The largest absolute Gasteiger partial charge is 0.394 e. The second-order valence-corrected chi connectivity index (χ2v) is 4.05. The second-order valence-electron chi connectivity index (χ2n) is 4.05. The zero-order valence-corrected chi connectivity index (χ0v) is 9.19. The van der Waals surface area contributed by atoms with E-state index in [0.29, 0.717) is 6.42 Å². The summed E-state index contributed by atoms with van der Waals surface area (Å²) in [5.74, 6) is 0.164. The van der Waals surface area contributed by atoms with Gasteiger partial charge in [-0.05, 0) is 12.5 Å². The summed E-state index contributed by atoms with van der Waals surface area (Å²) in [7, 11) is 0. The van der Waals surface area contributed by atoms with Gasteiger partial charge in [0, 0.05) is 6.20 Å². The SMILES string of the molecule is Nc1ccn([C@H]2CO[C@@H](CO)[C@H](O)C2)c(=O)n1. The molecule has 3 atom stereocenters. The van der Waals surface area contributed by atoms with E-state index in [1.807, 2.05) is 0 Å². The second kappa shape index (κ2) is 4.82. The average molecular weight is 241 g/mol. The van der Waals surface area contributed by atoms with Gasteiger partial charge in [0.25, 0.3) is 0 Å². The first-order valence-electron chi connectivity index (χ1n) is 5.37. The minimum atomic E-state index is -0.789. The summed E-state index contributed by atoms with van der Waals surface area (Å²) in [4.78, 5) is 15.2. The summed E-state index contributed by atoms with van der Waals surface area (Å²) in [6.45, 7) is 0.0244. The molecule has 0 aliphatic carbocycles. The van der Waals surface area contributed by atoms with E-state index in [2.05, 4.69) is 4.98 Å². The number of aliphatic hydroxyl groups is 2. The first kappa shape index (κ1) is 12.0. The summed E-state index contributed by atoms with van der Waals surface area (Å²) in [5.41, 5.74) is 4.93. The van der Waals surface area contributed by atoms with Crippen LogP contribution >= 0.6 is 0 Å². The predicted octanol–water partition coefficient (Wildman–Crippen LogP) is -1.49. The normalized spacial score (nSPS) is 29.2. The van der Waals surface area contributed by atoms with Crippen LogP contribution in [0, 0.1) is 0 Å². The molecule has 1 aliphatic rings. The first-order chi connectivity index (χ1) is 8.11. The molecule has 0 radical (unpaired) electrons. The molecule has 1 fully saturated rings. The number of hydrogen-bond acceptors (Lipinski definition) is 6. The number of nitrogen functional groups attached to an aromatic ring is 1. The highest BCUT2D eigenvalue weighted by Gasteiger charge is 2.30. The van der Waals surface area contributed by atoms with Crippen LogP contribution in [0.3, 0.4) is 0 Å². The number of anilines is 1. The van der Waals surface area contributed by atoms with E-state index in [-0.39, 0.29) is 25.1 Å². The van der Waals surface area contributed by atoms with Gasteiger partial charge in [-0.15, -0.1) is 0 Å². The summed E-state index contributed by atoms with van der Waals surface area (Å²) < 4.78 is 6.66. The Hall–Kier alpha value is -1.44. The van der Waals surface area contributed by atoms with Gasteiger partial charge in [0.15, 0.2) is 0 Å². The highest BCUT2D eigenvalue weighted by Crippen LogP contribution is 2.22. The Morgan fingerprint density at radius 3 is 3.00 bits per heavy atom. The first-order valence-corrected chi connectivity index (χ1v) is 5.37. The van der Waals surface area contributed by atoms with Crippen molar-refractivity contribution < 1.29 is 14.9 Å². The number of aromatic nitrogens is 2. The predicted molar refractivity (Wildman–Crippen MR) is 59.4 cm³/mol. The minimum absolute atomic E-state index is 0.164. The summed E-state index contributed by atoms with van der Waals surface area (Å²) >= 11 is 0. The highest BCUT2D eigenvalue weighted by molar-refractivity contribution is 5.23. The Morgan fingerprint density at radius 2 is 2.41 bits per heavy atom. The third kappa shape index (κ3) is 2.46. The number of nitrogens with two attached hydrogens (primary N) is 1. The van der Waals surface area contributed by atoms with E-state index < -0.39 is 17.9 Å². The average Bonchev–Trinajstić information content (AvgIpc) is 2.29. The van der Waals surface area contributed by atoms with Crippen LogP contribution in [0.5, 0.6) is 0 Å². The lowest BCUT2D eigenvalue weighted by molar-refractivity contribution is -0.113. The summed E-state index contributed by atoms with van der Waals surface area (Å²) in [6.07, 6.45) is 0.508. The molecular weight excluding hydrogens is 226 g/mol. The van der Waals surface area contributed by atoms with Gasteiger partial charge in [0.2, 0.25) is 0 Å². The highest BCUT2D eigenvalue weighted by atomic mass is 16.5. The standard InChI is InChI=1S/C10H15N3O4/c11-9-1-2-13(10(16)12-9)6-3-7(15)8(4-14)17-5-6/h1-2,6-8,14-15H,3-5H2,(H2,11,12,16)/t6-,7-,8+/m1/s1. The molecule has 0 aromatic carbocycles. The third-order valence-corrected chi connectivity index (χ3v) is 2.87. The van der Waals surface area contributed by atoms with Gasteiger partial charge >= 0.3 is 5.69 Å². The molecule has 17 heavy (non-hydrogen) atoms. The Bertz CT molecular complexity index is 447. The van der Waals surface area contributed by atoms with Crippen LogP contribution in [0.25, 0.3) is 0 Å². The molecule has 4 N–H and O–H groups in total. The fourth-order valence-electron chi connectivity index (χ4n) is 1.92. The van der Waals surface area contributed by atoms with Crippen molar-refractivity contribution in [1.82, 2.24) is 9.55 Å². The van der Waals surface area contributed by atoms with Gasteiger partial charge in [-0.3, -0.25) is 4.57 Å². The molecule has 1 aliphatic heterocycles. The number of hydrogen-bond donors (Lipinski definition) is 3. The van der Waals surface area contributed by atoms with Crippen LogP contribution in [0.1, 0.15) is 12.5 Å². The van der Waals surface area contributed by atoms with E-state index in [1.54, 1.807) is 0 Å². The lowest BCUT2D eigenvalue weighted by Gasteiger charge is -2.32. The quantitative estimate of drug-likeness (QED) is 0.581. The molecule has 1 aromatic heterocycles. The van der Waals surface area contributed by atoms with E-state index in [9.17, 15) is 9.90 Å². The molecule has 7 nitrogen and oxygen atoms in total. The van der Waals surface area contributed by atoms with E-state index in [0.717, 1.165) is 0 Å². The third-order valence-electron chi connectivity index (χ3n) is 2.87. The molecule has 0 saturated carbocycles. The lowest BCUT2D eigenvalue weighted by atomic mass is 10.0. The molecule has 1 aromatic rings. The van der Waals surface area contributed by atoms with Crippen molar-refractivity contribution in [1.29, 1.82) is 0 Å². The van der Waals surface area contributed by atoms with Crippen LogP contribution in [0.2, 0.25) is 0 Å². The monoisotopic (exact) mass is 241 g/mol. The summed E-state index contributed by atoms with van der Waals surface area (Å²) in [5, 5.41) is 18.6. The van der Waals surface area contributed by atoms with Crippen molar-refractivity contribution in [2.75, 3.05) is 18.9 Å². The van der Waals surface area contributed by atoms with Crippen LogP contribution in [-0.2, 0) is 4.74 Å². The van der Waals surface area contributed by atoms with E-state index in [4.69, 9.17) is 15.6 Å². The molecule has 7 heteroatoms. The van der Waals surface area contributed by atoms with Crippen molar-refractivity contribution in [2.45, 2.75) is 24.7 Å². The van der Waals surface area contributed by atoms with E-state index >= 15 is 0 Å². The van der Waals surface area contributed by atoms with Gasteiger partial charge < -0.3 is 20.7 Å². The zero-order chi connectivity index (χ0) is 12.4. The van der Waals surface area contributed by atoms with Gasteiger partial charge in [0.1, 0.15) is 11.9 Å². The van der Waals surface area contributed by atoms with E-state index in [1.165, 1.54) is 16.8 Å². The van der Waals surface area contributed by atoms with Crippen molar-refractivity contribution >= 4 is 5.82 Å². The molecule has 0 amide bonds. The van der Waals surface area contributed by atoms with Crippen LogP contribution in [-0.4, -0.2) is 45.2 Å². The smallest absolute Gasteiger partial charge is 0.349 e. The molecule has 2 heterocycles. The molecule has 0 unspecified atom stereocenters. The molecule has 2 rings (SSSR count). The Kier molecular flexibility index (Phi) is 3.41. The molecule has 0 spiro atoms. The number of ether oxygens (including phenoxy) is 1. The maximum atomic E-state index is 11.6. The maximum Gasteiger partial charge on any atom is 0.349 e. The van der Waals surface area contributed by atoms with Gasteiger partial charge in [-0.25, -0.2) is 4.79 Å². The number of aliphatic hydroxyl groups excluding tert-OH is 2. The van der Waals surface area contributed by atoms with Crippen LogP contribution in [0.15, 0.2) is 17.1 Å². The maximum absolute atomic E-state index is 11.6. The van der Waals surface area contributed by atoms with Crippen molar-refractivity contribution in [2.24, 2.45) is 0 Å². The fraction of sp³-hybridized carbons (Fsp3) is 0.600. The van der Waals surface area contributed by atoms with Crippen molar-refractivity contribution in [3.8, 4) is 0 Å². The molecule has 1 saturated heterocycles. The van der Waals surface area contributed by atoms with Gasteiger partial charge in [-0.2, -0.15) is 4.98 Å². The Labute approximate surface area is 97.5 Å². The van der Waals surface area contributed by atoms with Gasteiger partial charge in [0.05, 0.1) is 25.4 Å². The van der Waals surface area contributed by atoms with Crippen molar-refractivity contribution in [3.63, 3.8) is 0 Å². The number of nitrogens with zero attached hydrogens (tertiary/aromatic N) is 2. The topological polar surface area (TPSA) is 111 Å². The van der Waals surface area contributed by atoms with Crippen molar-refractivity contribution in [3.05, 3.63) is 22.7 Å². The molecular formula is C10H15N3O4. The zero-order valence-electron chi connectivity index (χ0n) is 9.19. The van der Waals surface area contributed by atoms with Crippen LogP contribution in [0.4, 0.5) is 5.82 Å². The molecule has 0 bridgehead atoms. The molecule has 94 valence electrons. The van der Waals surface area contributed by atoms with Gasteiger partial charge in [-0.1, -0.05) is 0 Å².